The summed E-state index contributed by atoms with van der Waals surface area (Å²) in [5, 5.41) is 0. The van der Waals surface area contributed by atoms with Gasteiger partial charge in [-0.15, -0.1) is 0 Å². The van der Waals surface area contributed by atoms with Crippen molar-refractivity contribution in [1.82, 2.24) is 0 Å². The van der Waals surface area contributed by atoms with Gasteiger partial charge < -0.3 is 0 Å². The van der Waals surface area contributed by atoms with Gasteiger partial charge in [-0.05, 0) is 0 Å². The first-order chi connectivity index (χ1) is 3.68. The second-order valence-corrected chi connectivity index (χ2v) is 0.976. The molecule has 0 rings (SSSR count). The van der Waals surface area contributed by atoms with Crippen LogP contribution in [0.3, 0.4) is 0 Å². The van der Waals surface area contributed by atoms with E-state index in [1.54, 1.807) is 0 Å². The van der Waals surface area contributed by atoms with Gasteiger partial charge in [0.1, 0.15) is 6.61 Å². The standard InChI is InChI=1S/C3H4F3NO/c4-2(1-8-7)3(5)6/h1,7H2. The Morgan fingerprint density at radius 1 is 1.38 bits per heavy atom. The molecule has 0 aliphatic heterocycles. The summed E-state index contributed by atoms with van der Waals surface area (Å²) in [5.41, 5.74) is 0. The molecule has 2 nitrogen and oxygen atoms in total. The minimum atomic E-state index is -2.39. The van der Waals surface area contributed by atoms with Crippen LogP contribution in [0.2, 0.25) is 0 Å². The van der Waals surface area contributed by atoms with Crippen LogP contribution in [-0.4, -0.2) is 6.61 Å². The molecule has 0 fully saturated rings. The van der Waals surface area contributed by atoms with E-state index in [4.69, 9.17) is 0 Å². The molecular formula is C3H4F3NO. The number of rotatable bonds is 2. The van der Waals surface area contributed by atoms with Crippen molar-refractivity contribution in [1.29, 1.82) is 0 Å². The van der Waals surface area contributed by atoms with Gasteiger partial charge in [-0.3, -0.25) is 4.84 Å². The lowest BCUT2D eigenvalue weighted by Crippen LogP contribution is -2.01. The molecule has 0 saturated heterocycles. The molecule has 8 heavy (non-hydrogen) atoms. The van der Waals surface area contributed by atoms with E-state index in [2.05, 4.69) is 10.7 Å². The zero-order valence-corrected chi connectivity index (χ0v) is 3.83. The SMILES string of the molecule is NOCC(F)=C(F)F. The van der Waals surface area contributed by atoms with E-state index in [1.807, 2.05) is 0 Å². The van der Waals surface area contributed by atoms with Gasteiger partial charge in [0.2, 0.25) is 0 Å². The maximum atomic E-state index is 11.5. The maximum absolute atomic E-state index is 11.5. The molecule has 2 N–H and O–H groups in total. The van der Waals surface area contributed by atoms with Crippen LogP contribution in [0.15, 0.2) is 11.9 Å². The number of hydrogen-bond acceptors (Lipinski definition) is 2. The highest BCUT2D eigenvalue weighted by Crippen LogP contribution is 2.07. The largest absolute Gasteiger partial charge is 0.304 e. The van der Waals surface area contributed by atoms with Crippen molar-refractivity contribution in [3.63, 3.8) is 0 Å². The summed E-state index contributed by atoms with van der Waals surface area (Å²) in [4.78, 5) is 3.55. The molecule has 0 heterocycles. The topological polar surface area (TPSA) is 35.2 Å². The van der Waals surface area contributed by atoms with Crippen molar-refractivity contribution in [3.05, 3.63) is 11.9 Å². The predicted octanol–water partition coefficient (Wildman–Crippen LogP) is 0.954. The second-order valence-electron chi connectivity index (χ2n) is 0.976. The lowest BCUT2D eigenvalue weighted by molar-refractivity contribution is 0.139. The normalized spacial score (nSPS) is 9.00. The predicted molar refractivity (Wildman–Crippen MR) is 20.5 cm³/mol. The Bertz CT molecular complexity index is 98.7. The summed E-state index contributed by atoms with van der Waals surface area (Å²) < 4.78 is 33.4. The first-order valence-corrected chi connectivity index (χ1v) is 1.69. The van der Waals surface area contributed by atoms with Gasteiger partial charge in [0, 0.05) is 0 Å². The van der Waals surface area contributed by atoms with E-state index >= 15 is 0 Å². The summed E-state index contributed by atoms with van der Waals surface area (Å²) in [7, 11) is 0. The molecular weight excluding hydrogens is 123 g/mol. The van der Waals surface area contributed by atoms with E-state index in [-0.39, 0.29) is 0 Å². The average Bonchev–Trinajstić information content (AvgIpc) is 1.67. The first kappa shape index (κ1) is 7.45. The van der Waals surface area contributed by atoms with Crippen LogP contribution in [-0.2, 0) is 4.84 Å². The molecule has 0 radical (unpaired) electrons. The van der Waals surface area contributed by atoms with Gasteiger partial charge in [0.15, 0.2) is 5.83 Å². The fourth-order valence-electron chi connectivity index (χ4n) is 0.128. The first-order valence-electron chi connectivity index (χ1n) is 1.69. The fraction of sp³-hybridized carbons (Fsp3) is 0.333. The summed E-state index contributed by atoms with van der Waals surface area (Å²) in [6.07, 6.45) is -2.39. The Kier molecular flexibility index (Phi) is 3.21. The molecule has 0 aromatic rings. The highest BCUT2D eigenvalue weighted by Gasteiger charge is 2.02. The summed E-state index contributed by atoms with van der Waals surface area (Å²) in [6.45, 7) is -0.873. The second kappa shape index (κ2) is 3.45. The van der Waals surface area contributed by atoms with E-state index in [0.29, 0.717) is 0 Å². The van der Waals surface area contributed by atoms with Gasteiger partial charge in [0.05, 0.1) is 0 Å². The minimum Gasteiger partial charge on any atom is -0.297 e. The van der Waals surface area contributed by atoms with E-state index < -0.39 is 18.5 Å². The quantitative estimate of drug-likeness (QED) is 0.560. The van der Waals surface area contributed by atoms with E-state index in [1.165, 1.54) is 0 Å². The molecule has 48 valence electrons. The monoisotopic (exact) mass is 127 g/mol. The lowest BCUT2D eigenvalue weighted by Gasteiger charge is -1.89. The van der Waals surface area contributed by atoms with Crippen LogP contribution in [0.25, 0.3) is 0 Å². The van der Waals surface area contributed by atoms with Crippen molar-refractivity contribution in [2.24, 2.45) is 5.90 Å². The van der Waals surface area contributed by atoms with Crippen LogP contribution in [0, 0.1) is 0 Å². The number of nitrogens with two attached hydrogens (primary N) is 1. The third kappa shape index (κ3) is 2.59. The van der Waals surface area contributed by atoms with E-state index in [0.717, 1.165) is 0 Å². The minimum absolute atomic E-state index is 0.873. The van der Waals surface area contributed by atoms with Crippen molar-refractivity contribution in [3.8, 4) is 0 Å². The van der Waals surface area contributed by atoms with Crippen LogP contribution in [0.4, 0.5) is 13.2 Å². The molecule has 0 aliphatic carbocycles. The zero-order chi connectivity index (χ0) is 6.57. The molecule has 0 aromatic heterocycles. The van der Waals surface area contributed by atoms with Crippen LogP contribution >= 0.6 is 0 Å². The molecule has 0 unspecified atom stereocenters. The highest BCUT2D eigenvalue weighted by molar-refractivity contribution is 4.90. The maximum Gasteiger partial charge on any atom is 0.304 e. The third-order valence-electron chi connectivity index (χ3n) is 0.415. The molecule has 0 amide bonds. The summed E-state index contributed by atoms with van der Waals surface area (Å²) in [6, 6.07) is 0. The molecule has 5 heteroatoms. The highest BCUT2D eigenvalue weighted by atomic mass is 19.3. The molecule has 0 bridgehead atoms. The Morgan fingerprint density at radius 2 is 1.88 bits per heavy atom. The zero-order valence-electron chi connectivity index (χ0n) is 3.83. The van der Waals surface area contributed by atoms with Crippen molar-refractivity contribution in [2.75, 3.05) is 6.61 Å². The van der Waals surface area contributed by atoms with Gasteiger partial charge in [-0.2, -0.15) is 8.78 Å². The molecule has 0 aliphatic rings. The molecule has 0 spiro atoms. The summed E-state index contributed by atoms with van der Waals surface area (Å²) >= 11 is 0. The Hall–Kier alpha value is -0.550. The Labute approximate surface area is 43.7 Å². The Balaban J connectivity index is 3.62. The van der Waals surface area contributed by atoms with Crippen LogP contribution < -0.4 is 5.90 Å². The van der Waals surface area contributed by atoms with Gasteiger partial charge >= 0.3 is 6.08 Å². The lowest BCUT2D eigenvalue weighted by atomic mass is 10.6. The van der Waals surface area contributed by atoms with Crippen molar-refractivity contribution in [2.45, 2.75) is 0 Å². The number of hydrogen-bond donors (Lipinski definition) is 1. The molecule has 0 aromatic carbocycles. The Morgan fingerprint density at radius 3 is 2.00 bits per heavy atom. The van der Waals surface area contributed by atoms with Crippen LogP contribution in [0.1, 0.15) is 0 Å². The number of halogens is 3. The van der Waals surface area contributed by atoms with E-state index in [9.17, 15) is 13.2 Å². The summed E-state index contributed by atoms with van der Waals surface area (Å²) in [5.74, 6) is 2.63. The average molecular weight is 127 g/mol. The fourth-order valence-corrected chi connectivity index (χ4v) is 0.128. The van der Waals surface area contributed by atoms with Gasteiger partial charge in [0.25, 0.3) is 0 Å². The van der Waals surface area contributed by atoms with Crippen LogP contribution in [0.5, 0.6) is 0 Å². The van der Waals surface area contributed by atoms with Crippen molar-refractivity contribution >= 4 is 0 Å². The van der Waals surface area contributed by atoms with Gasteiger partial charge in [-0.1, -0.05) is 0 Å². The molecule has 0 atom stereocenters. The van der Waals surface area contributed by atoms with Crippen molar-refractivity contribution < 1.29 is 18.0 Å². The van der Waals surface area contributed by atoms with Gasteiger partial charge in [-0.25, -0.2) is 10.3 Å². The third-order valence-corrected chi connectivity index (χ3v) is 0.415. The molecule has 0 saturated carbocycles. The smallest absolute Gasteiger partial charge is 0.297 e.